The highest BCUT2D eigenvalue weighted by Crippen LogP contribution is 2.36. The Balaban J connectivity index is 1.45. The number of hydrogen-bond donors (Lipinski definition) is 1. The summed E-state index contributed by atoms with van der Waals surface area (Å²) in [6.45, 7) is 3.08. The van der Waals surface area contributed by atoms with Gasteiger partial charge < -0.3 is 19.9 Å². The van der Waals surface area contributed by atoms with Crippen LogP contribution >= 0.6 is 46.8 Å². The molecular formula is C23H21Cl2N3O2S2. The molecule has 1 aliphatic heterocycles. The molecule has 0 aliphatic carbocycles. The number of methoxy groups -OCH3 is 1. The number of carbonyl (C=O) groups is 1. The van der Waals surface area contributed by atoms with Crippen LogP contribution in [0.2, 0.25) is 10.0 Å². The van der Waals surface area contributed by atoms with Gasteiger partial charge in [-0.2, -0.15) is 0 Å². The lowest BCUT2D eigenvalue weighted by Gasteiger charge is -2.37. The Morgan fingerprint density at radius 3 is 2.41 bits per heavy atom. The lowest BCUT2D eigenvalue weighted by Crippen LogP contribution is -2.50. The van der Waals surface area contributed by atoms with Crippen LogP contribution in [0.4, 0.5) is 10.7 Å². The number of thiophene rings is 1. The third-order valence-corrected chi connectivity index (χ3v) is 7.45. The molecule has 1 N–H and O–H groups in total. The van der Waals surface area contributed by atoms with Crippen LogP contribution in [0, 0.1) is 0 Å². The van der Waals surface area contributed by atoms with E-state index >= 15 is 0 Å². The Labute approximate surface area is 206 Å². The molecule has 1 fully saturated rings. The standard InChI is InChI=1S/C23H21Cl2N3O2S2/c1-30-22(29)17-14-20(15-5-3-2-4-6-15)32-21(17)26-23(31)28-11-9-27(10-12-28)16-7-8-18(24)19(25)13-16/h2-8,13-14H,9-12H2,1H3,(H,26,31). The zero-order chi connectivity index (χ0) is 22.7. The van der Waals surface area contributed by atoms with Gasteiger partial charge in [-0.1, -0.05) is 53.5 Å². The molecule has 0 amide bonds. The smallest absolute Gasteiger partial charge is 0.340 e. The van der Waals surface area contributed by atoms with Gasteiger partial charge in [-0.15, -0.1) is 11.3 Å². The third-order valence-electron chi connectivity index (χ3n) is 5.25. The number of thiocarbonyl (C=S) groups is 1. The number of esters is 1. The fourth-order valence-electron chi connectivity index (χ4n) is 3.52. The highest BCUT2D eigenvalue weighted by atomic mass is 35.5. The van der Waals surface area contributed by atoms with Gasteiger partial charge in [0.2, 0.25) is 0 Å². The van der Waals surface area contributed by atoms with Crippen molar-refractivity contribution in [3.05, 3.63) is 70.2 Å². The Morgan fingerprint density at radius 2 is 1.75 bits per heavy atom. The lowest BCUT2D eigenvalue weighted by atomic mass is 10.1. The van der Waals surface area contributed by atoms with E-state index < -0.39 is 5.97 Å². The average molecular weight is 506 g/mol. The van der Waals surface area contributed by atoms with E-state index in [1.54, 1.807) is 0 Å². The van der Waals surface area contributed by atoms with Gasteiger partial charge in [-0.05, 0) is 42.0 Å². The summed E-state index contributed by atoms with van der Waals surface area (Å²) >= 11 is 19.4. The minimum atomic E-state index is -0.391. The Morgan fingerprint density at radius 1 is 1.03 bits per heavy atom. The normalized spacial score (nSPS) is 13.7. The van der Waals surface area contributed by atoms with Crippen molar-refractivity contribution in [1.29, 1.82) is 0 Å². The van der Waals surface area contributed by atoms with Gasteiger partial charge in [-0.25, -0.2) is 4.79 Å². The van der Waals surface area contributed by atoms with Gasteiger partial charge in [-0.3, -0.25) is 0 Å². The van der Waals surface area contributed by atoms with E-state index in [1.165, 1.54) is 18.4 Å². The number of carbonyl (C=O) groups excluding carboxylic acids is 1. The van der Waals surface area contributed by atoms with E-state index in [0.717, 1.165) is 42.3 Å². The molecule has 2 aromatic carbocycles. The summed E-state index contributed by atoms with van der Waals surface area (Å²) < 4.78 is 4.98. The van der Waals surface area contributed by atoms with Crippen LogP contribution in [0.1, 0.15) is 10.4 Å². The van der Waals surface area contributed by atoms with E-state index in [0.29, 0.717) is 25.7 Å². The second kappa shape index (κ2) is 10.1. The van der Waals surface area contributed by atoms with Crippen LogP contribution in [0.15, 0.2) is 54.6 Å². The SMILES string of the molecule is COC(=O)c1cc(-c2ccccc2)sc1NC(=S)N1CCN(c2ccc(Cl)c(Cl)c2)CC1. The van der Waals surface area contributed by atoms with Gasteiger partial charge in [0.05, 0.1) is 22.7 Å². The largest absolute Gasteiger partial charge is 0.465 e. The maximum atomic E-state index is 12.3. The van der Waals surface area contributed by atoms with E-state index in [-0.39, 0.29) is 0 Å². The number of anilines is 2. The van der Waals surface area contributed by atoms with Crippen LogP contribution in [-0.2, 0) is 4.74 Å². The minimum absolute atomic E-state index is 0.391. The highest BCUT2D eigenvalue weighted by Gasteiger charge is 2.23. The predicted octanol–water partition coefficient (Wildman–Crippen LogP) is 6.03. The van der Waals surface area contributed by atoms with Crippen LogP contribution in [0.5, 0.6) is 0 Å². The summed E-state index contributed by atoms with van der Waals surface area (Å²) in [5.74, 6) is -0.391. The Kier molecular flexibility index (Phi) is 7.20. The number of rotatable bonds is 4. The van der Waals surface area contributed by atoms with Gasteiger partial charge in [0, 0.05) is 36.7 Å². The number of halogens is 2. The predicted molar refractivity (Wildman–Crippen MR) is 138 cm³/mol. The molecule has 166 valence electrons. The van der Waals surface area contributed by atoms with Crippen molar-refractivity contribution >= 4 is 68.5 Å². The second-order valence-electron chi connectivity index (χ2n) is 7.21. The molecule has 9 heteroatoms. The van der Waals surface area contributed by atoms with Gasteiger partial charge in [0.1, 0.15) is 5.00 Å². The van der Waals surface area contributed by atoms with E-state index in [2.05, 4.69) is 15.1 Å². The molecule has 0 unspecified atom stereocenters. The first-order valence-corrected chi connectivity index (χ1v) is 12.0. The number of piperazine rings is 1. The molecule has 4 rings (SSSR count). The molecule has 1 saturated heterocycles. The number of benzene rings is 2. The molecule has 1 aromatic heterocycles. The van der Waals surface area contributed by atoms with E-state index in [4.69, 9.17) is 40.2 Å². The zero-order valence-corrected chi connectivity index (χ0v) is 20.5. The molecule has 0 bridgehead atoms. The highest BCUT2D eigenvalue weighted by molar-refractivity contribution is 7.80. The summed E-state index contributed by atoms with van der Waals surface area (Å²) in [6, 6.07) is 17.4. The zero-order valence-electron chi connectivity index (χ0n) is 17.3. The average Bonchev–Trinajstić information content (AvgIpc) is 3.24. The fraction of sp³-hybridized carbons (Fsp3) is 0.217. The molecule has 0 atom stereocenters. The lowest BCUT2D eigenvalue weighted by molar-refractivity contribution is 0.0602. The molecule has 32 heavy (non-hydrogen) atoms. The first-order chi connectivity index (χ1) is 15.5. The number of nitrogens with zero attached hydrogens (tertiary/aromatic N) is 2. The quantitative estimate of drug-likeness (QED) is 0.345. The first-order valence-electron chi connectivity index (χ1n) is 10.00. The van der Waals surface area contributed by atoms with Crippen molar-refractivity contribution in [2.45, 2.75) is 0 Å². The van der Waals surface area contributed by atoms with Crippen molar-refractivity contribution in [3.63, 3.8) is 0 Å². The van der Waals surface area contributed by atoms with Crippen LogP contribution < -0.4 is 10.2 Å². The summed E-state index contributed by atoms with van der Waals surface area (Å²) in [7, 11) is 1.38. The summed E-state index contributed by atoms with van der Waals surface area (Å²) in [5.41, 5.74) is 2.56. The monoisotopic (exact) mass is 505 g/mol. The summed E-state index contributed by atoms with van der Waals surface area (Å²) in [5, 5.41) is 5.65. The minimum Gasteiger partial charge on any atom is -0.465 e. The first kappa shape index (κ1) is 22.9. The second-order valence-corrected chi connectivity index (χ2v) is 9.47. The molecule has 5 nitrogen and oxygen atoms in total. The molecular weight excluding hydrogens is 485 g/mol. The number of ether oxygens (including phenoxy) is 1. The van der Waals surface area contributed by atoms with Crippen molar-refractivity contribution in [1.82, 2.24) is 4.90 Å². The van der Waals surface area contributed by atoms with Gasteiger partial charge in [0.15, 0.2) is 5.11 Å². The molecule has 2 heterocycles. The van der Waals surface area contributed by atoms with Crippen molar-refractivity contribution < 1.29 is 9.53 Å². The van der Waals surface area contributed by atoms with E-state index in [1.807, 2.05) is 54.6 Å². The maximum absolute atomic E-state index is 12.3. The Bertz CT molecular complexity index is 1130. The number of hydrogen-bond acceptors (Lipinski definition) is 5. The van der Waals surface area contributed by atoms with Gasteiger partial charge in [0.25, 0.3) is 0 Å². The van der Waals surface area contributed by atoms with Crippen LogP contribution in [0.25, 0.3) is 10.4 Å². The molecule has 0 spiro atoms. The Hall–Kier alpha value is -2.32. The van der Waals surface area contributed by atoms with Crippen molar-refractivity contribution in [2.24, 2.45) is 0 Å². The fourth-order valence-corrected chi connectivity index (χ4v) is 5.21. The molecule has 1 aliphatic rings. The molecule has 3 aromatic rings. The van der Waals surface area contributed by atoms with Crippen molar-refractivity contribution in [2.75, 3.05) is 43.5 Å². The summed E-state index contributed by atoms with van der Waals surface area (Å²) in [4.78, 5) is 17.7. The molecule has 0 saturated carbocycles. The van der Waals surface area contributed by atoms with Crippen molar-refractivity contribution in [3.8, 4) is 10.4 Å². The van der Waals surface area contributed by atoms with E-state index in [9.17, 15) is 4.79 Å². The van der Waals surface area contributed by atoms with Crippen LogP contribution in [0.3, 0.4) is 0 Å². The third kappa shape index (κ3) is 5.02. The molecule has 0 radical (unpaired) electrons. The van der Waals surface area contributed by atoms with Gasteiger partial charge >= 0.3 is 5.97 Å². The topological polar surface area (TPSA) is 44.8 Å². The maximum Gasteiger partial charge on any atom is 0.340 e. The summed E-state index contributed by atoms with van der Waals surface area (Å²) in [6.07, 6.45) is 0. The number of nitrogens with one attached hydrogen (secondary N) is 1. The van der Waals surface area contributed by atoms with Crippen LogP contribution in [-0.4, -0.2) is 49.3 Å².